The quantitative estimate of drug-likeness (QED) is 0.811. The second-order valence-corrected chi connectivity index (χ2v) is 4.59. The summed E-state index contributed by atoms with van der Waals surface area (Å²) in [5, 5.41) is 6.94. The van der Waals surface area contributed by atoms with Crippen LogP contribution >= 0.6 is 0 Å². The van der Waals surface area contributed by atoms with E-state index >= 15 is 0 Å². The Hall–Kier alpha value is -1.02. The monoisotopic (exact) mass is 218 g/mol. The van der Waals surface area contributed by atoms with Crippen LogP contribution < -0.4 is 10.6 Å². The van der Waals surface area contributed by atoms with Crippen molar-refractivity contribution in [2.75, 3.05) is 18.9 Å². The standard InChI is InChI=1S/C14H22N2/c1-3-9-16-12-8-7-11-5-4-6-14(15-2)13(11)10-12/h4-6,12,15-16H,3,7-10H2,1-2H3. The van der Waals surface area contributed by atoms with Crippen molar-refractivity contribution in [3.05, 3.63) is 29.3 Å². The van der Waals surface area contributed by atoms with Crippen molar-refractivity contribution in [2.45, 2.75) is 38.6 Å². The Bertz CT molecular complexity index is 332. The molecule has 0 heterocycles. The molecular weight excluding hydrogens is 196 g/mol. The highest BCUT2D eigenvalue weighted by Gasteiger charge is 2.19. The molecule has 2 nitrogen and oxygen atoms in total. The Kier molecular flexibility index (Phi) is 3.83. The van der Waals surface area contributed by atoms with E-state index in [2.05, 4.69) is 35.8 Å². The SMILES string of the molecule is CCCNC1CCc2cccc(NC)c2C1. The molecule has 0 spiro atoms. The van der Waals surface area contributed by atoms with Crippen LogP contribution in [0.4, 0.5) is 5.69 Å². The van der Waals surface area contributed by atoms with E-state index in [1.807, 2.05) is 7.05 Å². The van der Waals surface area contributed by atoms with Crippen LogP contribution in [0, 0.1) is 0 Å². The minimum atomic E-state index is 0.668. The van der Waals surface area contributed by atoms with E-state index < -0.39 is 0 Å². The van der Waals surface area contributed by atoms with Crippen molar-refractivity contribution < 1.29 is 0 Å². The summed E-state index contributed by atoms with van der Waals surface area (Å²) in [4.78, 5) is 0. The Morgan fingerprint density at radius 1 is 1.38 bits per heavy atom. The van der Waals surface area contributed by atoms with Gasteiger partial charge < -0.3 is 10.6 Å². The van der Waals surface area contributed by atoms with Crippen molar-refractivity contribution >= 4 is 5.69 Å². The highest BCUT2D eigenvalue weighted by molar-refractivity contribution is 5.55. The first-order valence-electron chi connectivity index (χ1n) is 6.37. The Morgan fingerprint density at radius 2 is 2.25 bits per heavy atom. The van der Waals surface area contributed by atoms with Crippen LogP contribution in [0.2, 0.25) is 0 Å². The molecular formula is C14H22N2. The molecule has 1 aromatic carbocycles. The molecule has 0 radical (unpaired) electrons. The number of anilines is 1. The molecule has 0 bridgehead atoms. The molecule has 1 aromatic rings. The molecule has 0 saturated carbocycles. The summed E-state index contributed by atoms with van der Waals surface area (Å²) in [6.07, 6.45) is 4.88. The van der Waals surface area contributed by atoms with Crippen molar-refractivity contribution in [1.29, 1.82) is 0 Å². The maximum absolute atomic E-state index is 3.64. The normalized spacial score (nSPS) is 19.2. The highest BCUT2D eigenvalue weighted by atomic mass is 14.9. The van der Waals surface area contributed by atoms with Gasteiger partial charge >= 0.3 is 0 Å². The van der Waals surface area contributed by atoms with Gasteiger partial charge in [0.05, 0.1) is 0 Å². The van der Waals surface area contributed by atoms with Gasteiger partial charge in [-0.2, -0.15) is 0 Å². The zero-order chi connectivity index (χ0) is 11.4. The van der Waals surface area contributed by atoms with E-state index in [9.17, 15) is 0 Å². The molecule has 0 aromatic heterocycles. The van der Waals surface area contributed by atoms with Gasteiger partial charge in [-0.3, -0.25) is 0 Å². The van der Waals surface area contributed by atoms with Gasteiger partial charge in [0.25, 0.3) is 0 Å². The van der Waals surface area contributed by atoms with Crippen molar-refractivity contribution in [3.63, 3.8) is 0 Å². The van der Waals surface area contributed by atoms with Crippen molar-refractivity contribution in [1.82, 2.24) is 5.32 Å². The first-order chi connectivity index (χ1) is 7.85. The van der Waals surface area contributed by atoms with E-state index in [0.717, 1.165) is 6.54 Å². The topological polar surface area (TPSA) is 24.1 Å². The minimum Gasteiger partial charge on any atom is -0.388 e. The molecule has 1 aliphatic carbocycles. The number of aryl methyl sites for hydroxylation is 1. The van der Waals surface area contributed by atoms with Gasteiger partial charge in [0.2, 0.25) is 0 Å². The van der Waals surface area contributed by atoms with E-state index in [0.29, 0.717) is 6.04 Å². The van der Waals surface area contributed by atoms with Gasteiger partial charge in [-0.05, 0) is 49.4 Å². The molecule has 1 aliphatic rings. The van der Waals surface area contributed by atoms with Gasteiger partial charge in [0.1, 0.15) is 0 Å². The summed E-state index contributed by atoms with van der Waals surface area (Å²) in [5.41, 5.74) is 4.35. The molecule has 0 saturated heterocycles. The summed E-state index contributed by atoms with van der Waals surface area (Å²) >= 11 is 0. The molecule has 16 heavy (non-hydrogen) atoms. The third-order valence-corrected chi connectivity index (χ3v) is 3.44. The minimum absolute atomic E-state index is 0.668. The molecule has 0 aliphatic heterocycles. The number of benzene rings is 1. The van der Waals surface area contributed by atoms with Crippen LogP contribution in [0.1, 0.15) is 30.9 Å². The Balaban J connectivity index is 2.11. The van der Waals surface area contributed by atoms with E-state index in [4.69, 9.17) is 0 Å². The lowest BCUT2D eigenvalue weighted by Gasteiger charge is -2.27. The summed E-state index contributed by atoms with van der Waals surface area (Å²) in [7, 11) is 2.01. The van der Waals surface area contributed by atoms with Crippen LogP contribution in [-0.4, -0.2) is 19.6 Å². The third kappa shape index (κ3) is 2.38. The summed E-state index contributed by atoms with van der Waals surface area (Å²) in [6.45, 7) is 3.37. The van der Waals surface area contributed by atoms with Gasteiger partial charge in [-0.15, -0.1) is 0 Å². The fourth-order valence-electron chi connectivity index (χ4n) is 2.55. The third-order valence-electron chi connectivity index (χ3n) is 3.44. The average molecular weight is 218 g/mol. The number of rotatable bonds is 4. The zero-order valence-electron chi connectivity index (χ0n) is 10.3. The van der Waals surface area contributed by atoms with Gasteiger partial charge in [0.15, 0.2) is 0 Å². The highest BCUT2D eigenvalue weighted by Crippen LogP contribution is 2.27. The van der Waals surface area contributed by atoms with Gasteiger partial charge in [0, 0.05) is 18.8 Å². The number of hydrogen-bond acceptors (Lipinski definition) is 2. The first-order valence-corrected chi connectivity index (χ1v) is 6.37. The maximum Gasteiger partial charge on any atom is 0.0373 e. The zero-order valence-corrected chi connectivity index (χ0v) is 10.3. The maximum atomic E-state index is 3.64. The van der Waals surface area contributed by atoms with Crippen LogP contribution in [0.25, 0.3) is 0 Å². The van der Waals surface area contributed by atoms with E-state index in [1.165, 1.54) is 42.5 Å². The lowest BCUT2D eigenvalue weighted by molar-refractivity contribution is 0.459. The molecule has 0 amide bonds. The summed E-state index contributed by atoms with van der Waals surface area (Å²) in [6, 6.07) is 7.28. The largest absolute Gasteiger partial charge is 0.388 e. The summed E-state index contributed by atoms with van der Waals surface area (Å²) in [5.74, 6) is 0. The Morgan fingerprint density at radius 3 is 3.00 bits per heavy atom. The average Bonchev–Trinajstić information content (AvgIpc) is 2.35. The summed E-state index contributed by atoms with van der Waals surface area (Å²) < 4.78 is 0. The van der Waals surface area contributed by atoms with Crippen LogP contribution in [0.15, 0.2) is 18.2 Å². The molecule has 88 valence electrons. The Labute approximate surface area is 98.4 Å². The predicted molar refractivity (Wildman–Crippen MR) is 70.1 cm³/mol. The lowest BCUT2D eigenvalue weighted by Crippen LogP contribution is -2.35. The molecule has 0 fully saturated rings. The van der Waals surface area contributed by atoms with E-state index in [-0.39, 0.29) is 0 Å². The second-order valence-electron chi connectivity index (χ2n) is 4.59. The molecule has 2 rings (SSSR count). The van der Waals surface area contributed by atoms with Crippen molar-refractivity contribution in [2.24, 2.45) is 0 Å². The fourth-order valence-corrected chi connectivity index (χ4v) is 2.55. The first kappa shape index (κ1) is 11.5. The smallest absolute Gasteiger partial charge is 0.0373 e. The van der Waals surface area contributed by atoms with Crippen LogP contribution in [0.5, 0.6) is 0 Å². The fraction of sp³-hybridized carbons (Fsp3) is 0.571. The number of fused-ring (bicyclic) bond motifs is 1. The van der Waals surface area contributed by atoms with E-state index in [1.54, 1.807) is 0 Å². The van der Waals surface area contributed by atoms with Gasteiger partial charge in [-0.25, -0.2) is 0 Å². The lowest BCUT2D eigenvalue weighted by atomic mass is 9.87. The predicted octanol–water partition coefficient (Wildman–Crippen LogP) is 2.59. The molecule has 1 atom stereocenters. The van der Waals surface area contributed by atoms with Crippen molar-refractivity contribution in [3.8, 4) is 0 Å². The van der Waals surface area contributed by atoms with Gasteiger partial charge in [-0.1, -0.05) is 19.1 Å². The molecule has 2 N–H and O–H groups in total. The van der Waals surface area contributed by atoms with Crippen LogP contribution in [0.3, 0.4) is 0 Å². The second kappa shape index (κ2) is 5.35. The molecule has 2 heteroatoms. The number of nitrogens with one attached hydrogen (secondary N) is 2. The van der Waals surface area contributed by atoms with Crippen LogP contribution in [-0.2, 0) is 12.8 Å². The number of hydrogen-bond donors (Lipinski definition) is 2. The molecule has 1 unspecified atom stereocenters.